The molecule has 104 valence electrons. The number of nitrogens with one attached hydrogen (secondary N) is 1. The number of carboxylic acids is 1. The van der Waals surface area contributed by atoms with E-state index in [0.29, 0.717) is 23.2 Å². The van der Waals surface area contributed by atoms with Gasteiger partial charge in [0, 0.05) is 16.5 Å². The van der Waals surface area contributed by atoms with E-state index in [-0.39, 0.29) is 4.90 Å². The molecule has 8 heteroatoms. The summed E-state index contributed by atoms with van der Waals surface area (Å²) in [6.45, 7) is 1.68. The average Bonchev–Trinajstić information content (AvgIpc) is 2.74. The monoisotopic (exact) mass is 349 g/mol. The van der Waals surface area contributed by atoms with Crippen LogP contribution in [-0.4, -0.2) is 32.1 Å². The van der Waals surface area contributed by atoms with Gasteiger partial charge in [0.1, 0.15) is 16.7 Å². The minimum Gasteiger partial charge on any atom is -0.492 e. The van der Waals surface area contributed by atoms with Crippen LogP contribution in [0.3, 0.4) is 0 Å². The van der Waals surface area contributed by atoms with Crippen LogP contribution in [0, 0.1) is 0 Å². The topological polar surface area (TPSA) is 92.7 Å². The van der Waals surface area contributed by atoms with E-state index in [1.807, 2.05) is 0 Å². The molecular weight excluding hydrogens is 338 g/mol. The minimum atomic E-state index is -3.94. The maximum atomic E-state index is 12.2. The molecule has 1 atom stereocenters. The van der Waals surface area contributed by atoms with Gasteiger partial charge in [-0.3, -0.25) is 4.79 Å². The van der Waals surface area contributed by atoms with Crippen molar-refractivity contribution in [3.8, 4) is 5.75 Å². The molecule has 0 saturated carbocycles. The molecule has 1 aliphatic heterocycles. The summed E-state index contributed by atoms with van der Waals surface area (Å²) in [6.07, 6.45) is 0.631. The van der Waals surface area contributed by atoms with E-state index < -0.39 is 22.0 Å². The lowest BCUT2D eigenvalue weighted by atomic mass is 10.2. The summed E-state index contributed by atoms with van der Waals surface area (Å²) in [5.74, 6) is -0.940. The fourth-order valence-corrected chi connectivity index (χ4v) is 3.85. The largest absolute Gasteiger partial charge is 0.492 e. The number of halogens is 1. The number of fused-ring (bicyclic) bond motifs is 1. The van der Waals surface area contributed by atoms with Crippen molar-refractivity contribution in [1.29, 1.82) is 0 Å². The Kier molecular flexibility index (Phi) is 3.84. The first-order chi connectivity index (χ1) is 8.81. The molecule has 0 saturated heterocycles. The maximum absolute atomic E-state index is 12.2. The van der Waals surface area contributed by atoms with E-state index in [4.69, 9.17) is 9.84 Å². The number of carbonyl (C=O) groups is 1. The van der Waals surface area contributed by atoms with Gasteiger partial charge in [-0.2, -0.15) is 4.72 Å². The lowest BCUT2D eigenvalue weighted by molar-refractivity contribution is -0.138. The summed E-state index contributed by atoms with van der Waals surface area (Å²) < 4.78 is 32.4. The SMILES string of the molecule is C[C@@H](NS(=O)(=O)c1cc(Br)cc2c1OCC2)C(=O)O. The van der Waals surface area contributed by atoms with Crippen molar-refractivity contribution in [2.45, 2.75) is 24.3 Å². The number of aliphatic carboxylic acids is 1. The summed E-state index contributed by atoms with van der Waals surface area (Å²) in [5, 5.41) is 8.77. The standard InChI is InChI=1S/C11H12BrNO5S/c1-6(11(14)15)13-19(16,17)9-5-8(12)4-7-2-3-18-10(7)9/h4-6,13H,2-3H2,1H3,(H,14,15)/t6-/m1/s1. The molecule has 0 fully saturated rings. The van der Waals surface area contributed by atoms with Crippen molar-refractivity contribution in [3.05, 3.63) is 22.2 Å². The second-order valence-electron chi connectivity index (χ2n) is 4.17. The van der Waals surface area contributed by atoms with E-state index >= 15 is 0 Å². The van der Waals surface area contributed by atoms with Gasteiger partial charge >= 0.3 is 5.97 Å². The van der Waals surface area contributed by atoms with Gasteiger partial charge in [-0.05, 0) is 19.1 Å². The van der Waals surface area contributed by atoms with Crippen LogP contribution < -0.4 is 9.46 Å². The van der Waals surface area contributed by atoms with Crippen molar-refractivity contribution in [1.82, 2.24) is 4.72 Å². The van der Waals surface area contributed by atoms with Crippen LogP contribution in [0.1, 0.15) is 12.5 Å². The Morgan fingerprint density at radius 1 is 1.53 bits per heavy atom. The molecule has 19 heavy (non-hydrogen) atoms. The van der Waals surface area contributed by atoms with Crippen molar-refractivity contribution < 1.29 is 23.1 Å². The zero-order valence-corrected chi connectivity index (χ0v) is 12.4. The second-order valence-corrected chi connectivity index (χ2v) is 6.77. The van der Waals surface area contributed by atoms with Crippen LogP contribution in [0.25, 0.3) is 0 Å². The average molecular weight is 350 g/mol. The van der Waals surface area contributed by atoms with E-state index in [9.17, 15) is 13.2 Å². The molecule has 0 spiro atoms. The predicted molar refractivity (Wildman–Crippen MR) is 70.8 cm³/mol. The van der Waals surface area contributed by atoms with Crippen molar-refractivity contribution in [3.63, 3.8) is 0 Å². The number of hydrogen-bond acceptors (Lipinski definition) is 4. The van der Waals surface area contributed by atoms with Gasteiger partial charge in [0.2, 0.25) is 10.0 Å². The Morgan fingerprint density at radius 2 is 2.21 bits per heavy atom. The van der Waals surface area contributed by atoms with Crippen LogP contribution in [0.15, 0.2) is 21.5 Å². The first-order valence-corrected chi connectivity index (χ1v) is 7.79. The van der Waals surface area contributed by atoms with Gasteiger partial charge in [0.05, 0.1) is 6.61 Å². The van der Waals surface area contributed by atoms with Gasteiger partial charge in [0.25, 0.3) is 0 Å². The molecule has 0 amide bonds. The molecule has 0 aliphatic carbocycles. The maximum Gasteiger partial charge on any atom is 0.321 e. The third-order valence-corrected chi connectivity index (χ3v) is 4.71. The molecule has 0 radical (unpaired) electrons. The third-order valence-electron chi connectivity index (χ3n) is 2.71. The van der Waals surface area contributed by atoms with E-state index in [0.717, 1.165) is 5.56 Å². The molecule has 0 aromatic heterocycles. The summed E-state index contributed by atoms with van der Waals surface area (Å²) in [4.78, 5) is 10.7. The normalized spacial score (nSPS) is 15.7. The number of benzene rings is 1. The zero-order valence-electron chi connectivity index (χ0n) is 10.0. The minimum absolute atomic E-state index is 0.0394. The van der Waals surface area contributed by atoms with Crippen molar-refractivity contribution >= 4 is 31.9 Å². The Bertz CT molecular complexity index is 628. The zero-order chi connectivity index (χ0) is 14.2. The summed E-state index contributed by atoms with van der Waals surface area (Å²) in [7, 11) is -3.94. The van der Waals surface area contributed by atoms with Gasteiger partial charge in [0.15, 0.2) is 0 Å². The molecule has 1 aromatic rings. The van der Waals surface area contributed by atoms with Crippen LogP contribution in [-0.2, 0) is 21.2 Å². The summed E-state index contributed by atoms with van der Waals surface area (Å²) in [5.41, 5.74) is 0.790. The van der Waals surface area contributed by atoms with E-state index in [2.05, 4.69) is 20.7 Å². The van der Waals surface area contributed by atoms with Crippen molar-refractivity contribution in [2.75, 3.05) is 6.61 Å². The van der Waals surface area contributed by atoms with Crippen LogP contribution in [0.2, 0.25) is 0 Å². The molecule has 0 bridgehead atoms. The molecule has 1 heterocycles. The number of ether oxygens (including phenoxy) is 1. The fourth-order valence-electron chi connectivity index (χ4n) is 1.78. The van der Waals surface area contributed by atoms with Crippen molar-refractivity contribution in [2.24, 2.45) is 0 Å². The number of hydrogen-bond donors (Lipinski definition) is 2. The Balaban J connectivity index is 2.44. The molecule has 2 rings (SSSR count). The predicted octanol–water partition coefficient (Wildman–Crippen LogP) is 1.14. The Labute approximate surface area is 118 Å². The highest BCUT2D eigenvalue weighted by molar-refractivity contribution is 9.10. The molecule has 1 aromatic carbocycles. The molecule has 6 nitrogen and oxygen atoms in total. The lowest BCUT2D eigenvalue weighted by Crippen LogP contribution is -2.38. The Morgan fingerprint density at radius 3 is 2.84 bits per heavy atom. The highest BCUT2D eigenvalue weighted by Gasteiger charge is 2.28. The molecule has 0 unspecified atom stereocenters. The second kappa shape index (κ2) is 5.10. The number of sulfonamides is 1. The first-order valence-electron chi connectivity index (χ1n) is 5.51. The summed E-state index contributed by atoms with van der Waals surface area (Å²) in [6, 6.07) is 1.99. The highest BCUT2D eigenvalue weighted by atomic mass is 79.9. The third kappa shape index (κ3) is 2.90. The smallest absolute Gasteiger partial charge is 0.321 e. The Hall–Kier alpha value is -1.12. The lowest BCUT2D eigenvalue weighted by Gasteiger charge is -2.13. The quantitative estimate of drug-likeness (QED) is 0.849. The van der Waals surface area contributed by atoms with Crippen LogP contribution in [0.4, 0.5) is 0 Å². The summed E-state index contributed by atoms with van der Waals surface area (Å²) >= 11 is 3.24. The molecule has 2 N–H and O–H groups in total. The highest BCUT2D eigenvalue weighted by Crippen LogP contribution is 2.35. The van der Waals surface area contributed by atoms with Gasteiger partial charge < -0.3 is 9.84 Å². The van der Waals surface area contributed by atoms with Crippen LogP contribution >= 0.6 is 15.9 Å². The van der Waals surface area contributed by atoms with Gasteiger partial charge in [-0.1, -0.05) is 15.9 Å². The van der Waals surface area contributed by atoms with E-state index in [1.54, 1.807) is 6.07 Å². The number of carboxylic acid groups (broad SMARTS) is 1. The molecule has 1 aliphatic rings. The van der Waals surface area contributed by atoms with Gasteiger partial charge in [-0.25, -0.2) is 8.42 Å². The van der Waals surface area contributed by atoms with E-state index in [1.165, 1.54) is 13.0 Å². The molecular formula is C11H12BrNO5S. The van der Waals surface area contributed by atoms with Crippen LogP contribution in [0.5, 0.6) is 5.75 Å². The fraction of sp³-hybridized carbons (Fsp3) is 0.364. The van der Waals surface area contributed by atoms with Gasteiger partial charge in [-0.15, -0.1) is 0 Å². The number of rotatable bonds is 4. The first kappa shape index (κ1) is 14.3.